The van der Waals surface area contributed by atoms with E-state index in [9.17, 15) is 53.4 Å². The first-order valence-corrected chi connectivity index (χ1v) is 18.4. The molecule has 1 aliphatic rings. The monoisotopic (exact) mass is 797 g/mol. The fourth-order valence-electron chi connectivity index (χ4n) is 5.80. The van der Waals surface area contributed by atoms with Crippen LogP contribution < -0.4 is 49.1 Å². The van der Waals surface area contributed by atoms with Gasteiger partial charge in [-0.05, 0) is 50.9 Å². The van der Waals surface area contributed by atoms with Crippen molar-refractivity contribution in [3.8, 4) is 0 Å². The van der Waals surface area contributed by atoms with Gasteiger partial charge in [-0.15, -0.1) is 0 Å². The molecule has 56 heavy (non-hydrogen) atoms. The molecular formula is C34H59N11O11. The second-order valence-electron chi connectivity index (χ2n) is 14.4. The van der Waals surface area contributed by atoms with E-state index in [0.29, 0.717) is 6.42 Å². The maximum Gasteiger partial charge on any atom is 0.305 e. The van der Waals surface area contributed by atoms with Crippen LogP contribution in [0.3, 0.4) is 0 Å². The number of hydrogen-bond acceptors (Lipinski definition) is 11. The van der Waals surface area contributed by atoms with E-state index in [-0.39, 0.29) is 50.7 Å². The van der Waals surface area contributed by atoms with E-state index in [1.54, 1.807) is 27.7 Å². The first-order chi connectivity index (χ1) is 26.0. The number of rotatable bonds is 23. The van der Waals surface area contributed by atoms with E-state index < -0.39 is 114 Å². The summed E-state index contributed by atoms with van der Waals surface area (Å²) in [6.07, 6.45) is -1.08. The molecule has 0 aromatic rings. The van der Waals surface area contributed by atoms with Crippen molar-refractivity contribution in [1.82, 2.24) is 36.8 Å². The number of amides is 8. The normalized spacial score (nSPS) is 16.9. The minimum absolute atomic E-state index is 0.00684. The molecule has 1 saturated heterocycles. The fraction of sp³-hybridized carbons (Fsp3) is 0.706. The van der Waals surface area contributed by atoms with E-state index in [1.165, 1.54) is 11.8 Å². The molecule has 0 aliphatic carbocycles. The molecule has 0 radical (unpaired) electrons. The summed E-state index contributed by atoms with van der Waals surface area (Å²) in [5.41, 5.74) is 16.0. The molecule has 0 saturated carbocycles. The number of aliphatic carboxylic acids is 1. The molecule has 0 bridgehead atoms. The van der Waals surface area contributed by atoms with Gasteiger partial charge in [0.2, 0.25) is 47.3 Å². The number of carbonyl (C=O) groups is 9. The van der Waals surface area contributed by atoms with E-state index in [1.807, 2.05) is 0 Å². The van der Waals surface area contributed by atoms with Crippen LogP contribution in [0.4, 0.5) is 0 Å². The quantitative estimate of drug-likeness (QED) is 0.0265. The van der Waals surface area contributed by atoms with Crippen LogP contribution in [0.5, 0.6) is 0 Å². The zero-order chi connectivity index (χ0) is 42.9. The van der Waals surface area contributed by atoms with Crippen LogP contribution >= 0.6 is 0 Å². The first kappa shape index (κ1) is 48.5. The second-order valence-corrected chi connectivity index (χ2v) is 14.4. The molecule has 0 aromatic carbocycles. The highest BCUT2D eigenvalue weighted by Crippen LogP contribution is 2.19. The molecular weight excluding hydrogens is 738 g/mol. The van der Waals surface area contributed by atoms with Crippen molar-refractivity contribution in [1.29, 1.82) is 0 Å². The van der Waals surface area contributed by atoms with Crippen LogP contribution in [0.2, 0.25) is 0 Å². The number of guanidine groups is 1. The standard InChI is InChI=1S/C34H59N11O11/c1-16(2)13-21(42-31(54)23-10-8-12-45(23)24(48)15-39-32(55)27(18(5)46)40-19(6)47)30(53)44-26(17(3)4)33(56)43-22(14-25(49)50)29(52)41-20(28(35)51)9-7-11-38-34(36)37/h16-18,20-23,26-27,46H,7-15H2,1-6H3,(H2,35,51)(H,39,55)(H,40,47)(H,41,52)(H,42,54)(H,43,56)(H,44,53)(H,49,50)(H4,36,37,38)/t18-,20+,21+,22+,23+,26+,27+/m1/s1. The summed E-state index contributed by atoms with van der Waals surface area (Å²) in [5.74, 6) is -8.63. The first-order valence-electron chi connectivity index (χ1n) is 18.4. The summed E-state index contributed by atoms with van der Waals surface area (Å²) >= 11 is 0. The van der Waals surface area contributed by atoms with Crippen molar-refractivity contribution in [2.75, 3.05) is 19.6 Å². The van der Waals surface area contributed by atoms with Gasteiger partial charge in [-0.3, -0.25) is 48.1 Å². The maximum absolute atomic E-state index is 13.7. The summed E-state index contributed by atoms with van der Waals surface area (Å²) < 4.78 is 0. The lowest BCUT2D eigenvalue weighted by Gasteiger charge is -2.29. The Bertz CT molecular complexity index is 1470. The van der Waals surface area contributed by atoms with Gasteiger partial charge < -0.3 is 64.2 Å². The smallest absolute Gasteiger partial charge is 0.305 e. The third-order valence-electron chi connectivity index (χ3n) is 8.62. The molecule has 14 N–H and O–H groups in total. The van der Waals surface area contributed by atoms with Crippen molar-refractivity contribution in [2.45, 2.75) is 122 Å². The van der Waals surface area contributed by atoms with Gasteiger partial charge in [0.15, 0.2) is 5.96 Å². The molecule has 1 aliphatic heterocycles. The van der Waals surface area contributed by atoms with E-state index >= 15 is 0 Å². The molecule has 1 fully saturated rings. The Morgan fingerprint density at radius 1 is 0.786 bits per heavy atom. The van der Waals surface area contributed by atoms with Crippen LogP contribution in [-0.4, -0.2) is 136 Å². The number of nitrogens with one attached hydrogen (secondary N) is 6. The van der Waals surface area contributed by atoms with Gasteiger partial charge in [-0.1, -0.05) is 27.7 Å². The highest BCUT2D eigenvalue weighted by Gasteiger charge is 2.38. The summed E-state index contributed by atoms with van der Waals surface area (Å²) in [6.45, 7) is 9.00. The summed E-state index contributed by atoms with van der Waals surface area (Å²) in [7, 11) is 0. The lowest BCUT2D eigenvalue weighted by atomic mass is 9.99. The van der Waals surface area contributed by atoms with Crippen molar-refractivity contribution >= 4 is 59.2 Å². The number of carboxylic acid groups (broad SMARTS) is 1. The minimum atomic E-state index is -1.68. The Balaban J connectivity index is 3.10. The maximum atomic E-state index is 13.7. The third kappa shape index (κ3) is 16.9. The van der Waals surface area contributed by atoms with Gasteiger partial charge in [0.05, 0.1) is 19.1 Å². The number of aliphatic hydroxyl groups excluding tert-OH is 1. The van der Waals surface area contributed by atoms with Gasteiger partial charge in [0.25, 0.3) is 0 Å². The van der Waals surface area contributed by atoms with Crippen molar-refractivity contribution in [2.24, 2.45) is 34.0 Å². The number of carbonyl (C=O) groups excluding carboxylic acids is 8. The molecule has 1 rings (SSSR count). The van der Waals surface area contributed by atoms with Gasteiger partial charge in [0.1, 0.15) is 36.3 Å². The van der Waals surface area contributed by atoms with Crippen molar-refractivity contribution in [3.63, 3.8) is 0 Å². The zero-order valence-electron chi connectivity index (χ0n) is 32.8. The highest BCUT2D eigenvalue weighted by molar-refractivity contribution is 5.98. The van der Waals surface area contributed by atoms with Crippen LogP contribution in [0, 0.1) is 11.8 Å². The number of nitrogens with zero attached hydrogens (tertiary/aromatic N) is 2. The Hall–Kier alpha value is -5.54. The van der Waals surface area contributed by atoms with Crippen LogP contribution in [0.15, 0.2) is 4.99 Å². The summed E-state index contributed by atoms with van der Waals surface area (Å²) in [6, 6.07) is -7.73. The minimum Gasteiger partial charge on any atom is -0.481 e. The number of aliphatic imine (C=N–C) groups is 1. The van der Waals surface area contributed by atoms with Gasteiger partial charge in [0, 0.05) is 20.0 Å². The lowest BCUT2D eigenvalue weighted by Crippen LogP contribution is -2.60. The highest BCUT2D eigenvalue weighted by atomic mass is 16.4. The largest absolute Gasteiger partial charge is 0.481 e. The fourth-order valence-corrected chi connectivity index (χ4v) is 5.80. The predicted octanol–water partition coefficient (Wildman–Crippen LogP) is -4.37. The zero-order valence-corrected chi connectivity index (χ0v) is 32.8. The summed E-state index contributed by atoms with van der Waals surface area (Å²) in [4.78, 5) is 120. The second kappa shape index (κ2) is 23.4. The topological polar surface area (TPSA) is 360 Å². The number of hydrogen-bond donors (Lipinski definition) is 11. The molecule has 22 nitrogen and oxygen atoms in total. The molecule has 7 atom stereocenters. The predicted molar refractivity (Wildman–Crippen MR) is 200 cm³/mol. The van der Waals surface area contributed by atoms with Gasteiger partial charge in [-0.25, -0.2) is 0 Å². The SMILES string of the molecule is CC(=O)N[C@H](C(=O)NCC(=O)N1CCC[C@H]1C(=O)N[C@@H](CC(C)C)C(=O)N[C@H](C(=O)N[C@@H](CC(=O)O)C(=O)N[C@@H](CCCN=C(N)N)C(N)=O)C(C)C)[C@@H](C)O. The Morgan fingerprint density at radius 3 is 1.91 bits per heavy atom. The third-order valence-corrected chi connectivity index (χ3v) is 8.62. The molecule has 0 unspecified atom stereocenters. The van der Waals surface area contributed by atoms with E-state index in [4.69, 9.17) is 17.2 Å². The van der Waals surface area contributed by atoms with E-state index in [2.05, 4.69) is 36.9 Å². The van der Waals surface area contributed by atoms with E-state index in [0.717, 1.165) is 6.92 Å². The van der Waals surface area contributed by atoms with Crippen molar-refractivity contribution < 1.29 is 53.4 Å². The van der Waals surface area contributed by atoms with Crippen LogP contribution in [-0.2, 0) is 43.2 Å². The average molecular weight is 798 g/mol. The number of likely N-dealkylation sites (tertiary alicyclic amines) is 1. The Labute approximate surface area is 325 Å². The van der Waals surface area contributed by atoms with Crippen molar-refractivity contribution in [3.05, 3.63) is 0 Å². The van der Waals surface area contributed by atoms with Crippen LogP contribution in [0.1, 0.15) is 80.1 Å². The van der Waals surface area contributed by atoms with Gasteiger partial charge >= 0.3 is 5.97 Å². The Morgan fingerprint density at radius 2 is 1.39 bits per heavy atom. The lowest BCUT2D eigenvalue weighted by molar-refractivity contribution is -0.142. The Kier molecular flexibility index (Phi) is 20.3. The summed E-state index contributed by atoms with van der Waals surface area (Å²) in [5, 5.41) is 33.9. The molecule has 0 spiro atoms. The number of carboxylic acids is 1. The number of primary amides is 1. The average Bonchev–Trinajstić information content (AvgIpc) is 3.58. The molecule has 316 valence electrons. The van der Waals surface area contributed by atoms with Crippen LogP contribution in [0.25, 0.3) is 0 Å². The molecule has 0 aromatic heterocycles. The molecule has 8 amide bonds. The number of aliphatic hydroxyl groups is 1. The molecule has 1 heterocycles. The molecule has 22 heteroatoms. The van der Waals surface area contributed by atoms with Gasteiger partial charge in [-0.2, -0.15) is 0 Å². The number of nitrogens with two attached hydrogens (primary N) is 3.